The monoisotopic (exact) mass is 590 g/mol. The number of aromatic amines is 2. The predicted octanol–water partition coefficient (Wildman–Crippen LogP) is 6.23. The number of hydrogen-bond donors (Lipinski definition) is 3. The molecule has 3 N–H and O–H groups in total. The van der Waals surface area contributed by atoms with Gasteiger partial charge in [0.1, 0.15) is 0 Å². The smallest absolute Gasteiger partial charge is 0.348 e. The van der Waals surface area contributed by atoms with E-state index in [4.69, 9.17) is 14.7 Å². The average molecular weight is 591 g/mol. The lowest BCUT2D eigenvalue weighted by Gasteiger charge is -2.18. The average Bonchev–Trinajstić information content (AvgIpc) is 3.17. The summed E-state index contributed by atoms with van der Waals surface area (Å²) in [6, 6.07) is 6.07. The Balaban J connectivity index is 1.68. The topological polar surface area (TPSA) is 138 Å². The molecule has 3 aromatic heterocycles. The Bertz CT molecular complexity index is 2060. The number of carbonyl (C=O) groups is 3. The van der Waals surface area contributed by atoms with Crippen molar-refractivity contribution in [3.05, 3.63) is 75.4 Å². The minimum absolute atomic E-state index is 0.0119. The van der Waals surface area contributed by atoms with Gasteiger partial charge in [-0.15, -0.1) is 0 Å². The van der Waals surface area contributed by atoms with Crippen LogP contribution in [0.25, 0.3) is 39.3 Å². The molecule has 4 aliphatic rings. The van der Waals surface area contributed by atoms with Gasteiger partial charge in [-0.3, -0.25) is 14.6 Å². The van der Waals surface area contributed by atoms with E-state index in [-0.39, 0.29) is 30.3 Å². The summed E-state index contributed by atoms with van der Waals surface area (Å²) < 4.78 is 5.26. The second-order valence-corrected chi connectivity index (χ2v) is 12.4. The van der Waals surface area contributed by atoms with Gasteiger partial charge in [0.05, 0.1) is 29.1 Å². The van der Waals surface area contributed by atoms with Crippen LogP contribution in [0.2, 0.25) is 0 Å². The maximum Gasteiger partial charge on any atom is 0.348 e. The molecule has 3 aromatic rings. The number of allylic oxidation sites excluding steroid dienone is 1. The Kier molecular flexibility index (Phi) is 6.12. The molecule has 8 bridgehead atoms. The summed E-state index contributed by atoms with van der Waals surface area (Å²) in [6.07, 6.45) is 3.06. The van der Waals surface area contributed by atoms with Gasteiger partial charge in [-0.25, -0.2) is 9.78 Å². The lowest BCUT2D eigenvalue weighted by molar-refractivity contribution is -0.154. The van der Waals surface area contributed by atoms with Gasteiger partial charge in [0.15, 0.2) is 0 Å². The zero-order chi connectivity index (χ0) is 31.2. The number of H-pyrrole nitrogens is 2. The molecule has 1 saturated carbocycles. The molecule has 3 aliphatic heterocycles. The van der Waals surface area contributed by atoms with Crippen LogP contribution in [-0.2, 0) is 37.4 Å². The molecule has 1 unspecified atom stereocenters. The number of cyclic esters (lactones) is 2. The van der Waals surface area contributed by atoms with E-state index in [9.17, 15) is 19.5 Å². The molecule has 3 atom stereocenters. The zero-order valence-corrected chi connectivity index (χ0v) is 25.5. The van der Waals surface area contributed by atoms with Crippen molar-refractivity contribution in [2.75, 3.05) is 0 Å². The number of nitrogens with zero attached hydrogens (tertiary/aromatic N) is 2. The van der Waals surface area contributed by atoms with Crippen LogP contribution in [-0.4, -0.2) is 43.0 Å². The van der Waals surface area contributed by atoms with E-state index in [0.717, 1.165) is 56.4 Å². The van der Waals surface area contributed by atoms with Gasteiger partial charge in [-0.05, 0) is 80.0 Å². The van der Waals surface area contributed by atoms with Crippen LogP contribution in [0.4, 0.5) is 0 Å². The van der Waals surface area contributed by atoms with Gasteiger partial charge in [0, 0.05) is 56.6 Å². The number of rotatable bonds is 4. The summed E-state index contributed by atoms with van der Waals surface area (Å²) in [4.78, 5) is 55.5. The minimum Gasteiger partial charge on any atom is -0.481 e. The van der Waals surface area contributed by atoms with Gasteiger partial charge in [-0.1, -0.05) is 26.5 Å². The van der Waals surface area contributed by atoms with E-state index in [0.29, 0.717) is 34.6 Å². The number of carboxylic acids is 1. The first-order valence-corrected chi connectivity index (χ1v) is 15.1. The maximum atomic E-state index is 13.3. The Morgan fingerprint density at radius 2 is 1.82 bits per heavy atom. The standard InChI is InChI=1S/C35H34N4O5/c1-7-20-15(3)23-11-26-18(6)35(14-19(35)9-29(40)41)33(39-26)22-10-30(42)44-34(43)31-17(5)25(38-32(22)31)13-28-21(8-2)16(4)24(37-28)12-27(20)36-23/h7,11-13,18-19,36-37H,1,8-10,14H2,2-6H3,(H,40,41)/t18-,19+,35?/m1/s1. The number of aliphatic carboxylic acids is 1. The summed E-state index contributed by atoms with van der Waals surface area (Å²) >= 11 is 0. The third kappa shape index (κ3) is 3.87. The minimum atomic E-state index is -0.877. The summed E-state index contributed by atoms with van der Waals surface area (Å²) in [5.74, 6) is -2.57. The molecular formula is C35H34N4O5. The van der Waals surface area contributed by atoms with Gasteiger partial charge in [-0.2, -0.15) is 0 Å². The van der Waals surface area contributed by atoms with Crippen LogP contribution >= 0.6 is 0 Å². The molecule has 7 rings (SSSR count). The molecule has 9 heteroatoms. The molecule has 44 heavy (non-hydrogen) atoms. The molecule has 1 aliphatic carbocycles. The number of carboxylic acid groups (broad SMARTS) is 1. The number of aromatic nitrogens is 4. The summed E-state index contributed by atoms with van der Waals surface area (Å²) in [7, 11) is 0. The van der Waals surface area contributed by atoms with Crippen LogP contribution in [0.15, 0.2) is 24.8 Å². The van der Waals surface area contributed by atoms with Crippen LogP contribution in [0.3, 0.4) is 0 Å². The summed E-state index contributed by atoms with van der Waals surface area (Å²) in [6.45, 7) is 14.2. The van der Waals surface area contributed by atoms with Crippen molar-refractivity contribution >= 4 is 57.2 Å². The van der Waals surface area contributed by atoms with Crippen LogP contribution in [0.5, 0.6) is 0 Å². The molecule has 6 heterocycles. The molecule has 1 fully saturated rings. The molecule has 224 valence electrons. The lowest BCUT2D eigenvalue weighted by atomic mass is 9.82. The van der Waals surface area contributed by atoms with Gasteiger partial charge >= 0.3 is 17.9 Å². The Morgan fingerprint density at radius 1 is 1.09 bits per heavy atom. The van der Waals surface area contributed by atoms with Crippen molar-refractivity contribution < 1.29 is 24.2 Å². The summed E-state index contributed by atoms with van der Waals surface area (Å²) in [5, 5.41) is 9.74. The molecule has 0 amide bonds. The molecule has 0 saturated heterocycles. The molecule has 0 aromatic carbocycles. The molecule has 9 nitrogen and oxygen atoms in total. The molecule has 0 radical (unpaired) electrons. The van der Waals surface area contributed by atoms with Gasteiger partial charge < -0.3 is 19.8 Å². The van der Waals surface area contributed by atoms with Gasteiger partial charge in [0.2, 0.25) is 0 Å². The number of esters is 2. The van der Waals surface area contributed by atoms with Crippen molar-refractivity contribution in [2.24, 2.45) is 5.92 Å². The first kappa shape index (κ1) is 28.0. The number of hydrogen-bond acceptors (Lipinski definition) is 6. The zero-order valence-electron chi connectivity index (χ0n) is 25.5. The number of fused-ring (bicyclic) bond motifs is 9. The van der Waals surface area contributed by atoms with E-state index < -0.39 is 23.3 Å². The second kappa shape index (κ2) is 9.61. The number of nitrogens with one attached hydrogen (secondary N) is 2. The maximum absolute atomic E-state index is 13.3. The first-order chi connectivity index (χ1) is 21.0. The Hall–Kier alpha value is -4.79. The second-order valence-electron chi connectivity index (χ2n) is 12.4. The van der Waals surface area contributed by atoms with Crippen molar-refractivity contribution in [2.45, 2.75) is 71.6 Å². The third-order valence-corrected chi connectivity index (χ3v) is 10.2. The molecule has 1 spiro atoms. The normalized spacial score (nSPS) is 22.3. The fourth-order valence-electron chi connectivity index (χ4n) is 7.73. The van der Waals surface area contributed by atoms with Gasteiger partial charge in [0.25, 0.3) is 0 Å². The van der Waals surface area contributed by atoms with Crippen LogP contribution in [0, 0.1) is 19.8 Å². The highest BCUT2D eigenvalue weighted by Gasteiger charge is 2.64. The number of carbonyl (C=O) groups excluding carboxylic acids is 2. The van der Waals surface area contributed by atoms with E-state index in [2.05, 4.69) is 43.4 Å². The first-order valence-electron chi connectivity index (χ1n) is 15.1. The highest BCUT2D eigenvalue weighted by atomic mass is 16.6. The van der Waals surface area contributed by atoms with Crippen molar-refractivity contribution in [1.82, 2.24) is 19.9 Å². The van der Waals surface area contributed by atoms with E-state index >= 15 is 0 Å². The predicted molar refractivity (Wildman–Crippen MR) is 168 cm³/mol. The van der Waals surface area contributed by atoms with Crippen molar-refractivity contribution in [1.29, 1.82) is 0 Å². The largest absolute Gasteiger partial charge is 0.481 e. The number of aryl methyl sites for hydroxylation is 3. The van der Waals surface area contributed by atoms with E-state index in [1.54, 1.807) is 0 Å². The van der Waals surface area contributed by atoms with Crippen molar-refractivity contribution in [3.8, 4) is 0 Å². The van der Waals surface area contributed by atoms with Crippen molar-refractivity contribution in [3.63, 3.8) is 0 Å². The quantitative estimate of drug-likeness (QED) is 0.242. The fraction of sp³-hybridized carbons (Fsp3) is 0.343. The van der Waals surface area contributed by atoms with E-state index in [1.165, 1.54) is 0 Å². The summed E-state index contributed by atoms with van der Waals surface area (Å²) in [5.41, 5.74) is 11.1. The van der Waals surface area contributed by atoms with Crippen LogP contribution in [0.1, 0.15) is 90.1 Å². The highest BCUT2D eigenvalue weighted by molar-refractivity contribution is 6.28. The number of ether oxygens (including phenoxy) is 1. The lowest BCUT2D eigenvalue weighted by Crippen LogP contribution is -2.18. The molecular weight excluding hydrogens is 556 g/mol. The Morgan fingerprint density at radius 3 is 2.52 bits per heavy atom. The van der Waals surface area contributed by atoms with Crippen LogP contribution < -0.4 is 0 Å². The Labute approximate surface area is 254 Å². The van der Waals surface area contributed by atoms with E-state index in [1.807, 2.05) is 32.1 Å². The highest BCUT2D eigenvalue weighted by Crippen LogP contribution is 2.66. The fourth-order valence-corrected chi connectivity index (χ4v) is 7.73. The third-order valence-electron chi connectivity index (χ3n) is 10.2. The SMILES string of the molecule is C=Cc1c(C)c2cc3nc(c4c5nc(cc6[nH]c(cc1[nH]2)c(C)c6CC)C(C)=C5C(=O)OC(=O)C4)C1(C[C@@H]1CC(=O)O)[C@@H]3C.